The van der Waals surface area contributed by atoms with Crippen LogP contribution in [0, 0.1) is 0 Å². The van der Waals surface area contributed by atoms with Crippen molar-refractivity contribution >= 4 is 15.9 Å². The van der Waals surface area contributed by atoms with E-state index in [9.17, 15) is 0 Å². The van der Waals surface area contributed by atoms with E-state index in [0.29, 0.717) is 5.92 Å². The molecule has 0 aromatic heterocycles. The van der Waals surface area contributed by atoms with E-state index in [0.717, 1.165) is 24.0 Å². The van der Waals surface area contributed by atoms with E-state index in [1.54, 1.807) is 0 Å². The predicted octanol–water partition coefficient (Wildman–Crippen LogP) is 5.13. The van der Waals surface area contributed by atoms with E-state index in [2.05, 4.69) is 87.1 Å². The lowest BCUT2D eigenvalue weighted by Gasteiger charge is -2.27. The number of halogens is 1. The van der Waals surface area contributed by atoms with Crippen LogP contribution >= 0.6 is 15.9 Å². The Morgan fingerprint density at radius 3 is 2.33 bits per heavy atom. The van der Waals surface area contributed by atoms with Gasteiger partial charge in [-0.1, -0.05) is 28.1 Å². The molecule has 1 N–H and O–H groups in total. The van der Waals surface area contributed by atoms with Gasteiger partial charge >= 0.3 is 0 Å². The fourth-order valence-corrected chi connectivity index (χ4v) is 2.50. The normalized spacial score (nSPS) is 14.2. The van der Waals surface area contributed by atoms with Gasteiger partial charge in [-0.3, -0.25) is 0 Å². The summed E-state index contributed by atoms with van der Waals surface area (Å²) in [5, 5.41) is 3.62. The van der Waals surface area contributed by atoms with Gasteiger partial charge in [-0.05, 0) is 71.6 Å². The number of hydrogen-bond donors (Lipinski definition) is 1. The highest BCUT2D eigenvalue weighted by atomic mass is 79.9. The predicted molar refractivity (Wildman–Crippen MR) is 95.0 cm³/mol. The second-order valence-corrected chi connectivity index (χ2v) is 8.55. The number of ether oxygens (including phenoxy) is 1. The summed E-state index contributed by atoms with van der Waals surface area (Å²) in [6, 6.07) is 8.60. The van der Waals surface area contributed by atoms with Crippen LogP contribution < -0.4 is 5.32 Å². The highest BCUT2D eigenvalue weighted by Crippen LogP contribution is 2.24. The van der Waals surface area contributed by atoms with Gasteiger partial charge in [0.05, 0.1) is 5.60 Å². The molecule has 0 bridgehead atoms. The van der Waals surface area contributed by atoms with Crippen molar-refractivity contribution in [3.63, 3.8) is 0 Å². The zero-order valence-electron chi connectivity index (χ0n) is 14.3. The first kappa shape index (κ1) is 18.7. The van der Waals surface area contributed by atoms with Crippen LogP contribution in [-0.2, 0) is 4.74 Å². The topological polar surface area (TPSA) is 21.3 Å². The SMILES string of the molecule is CC(C)(C)NCC(CCOC(C)(C)C)c1cccc(Br)c1. The van der Waals surface area contributed by atoms with Crippen LogP contribution in [0.3, 0.4) is 0 Å². The van der Waals surface area contributed by atoms with E-state index < -0.39 is 0 Å². The highest BCUT2D eigenvalue weighted by molar-refractivity contribution is 9.10. The lowest BCUT2D eigenvalue weighted by atomic mass is 9.94. The lowest BCUT2D eigenvalue weighted by molar-refractivity contribution is -0.00639. The molecule has 0 aliphatic carbocycles. The molecule has 1 atom stereocenters. The Labute approximate surface area is 138 Å². The summed E-state index contributed by atoms with van der Waals surface area (Å²) in [4.78, 5) is 0. The van der Waals surface area contributed by atoms with Crippen LogP contribution in [0.15, 0.2) is 28.7 Å². The molecule has 1 aromatic carbocycles. The van der Waals surface area contributed by atoms with Crippen molar-refractivity contribution in [3.8, 4) is 0 Å². The standard InChI is InChI=1S/C18H30BrNO/c1-17(2,3)20-13-15(10-11-21-18(4,5)6)14-8-7-9-16(19)12-14/h7-9,12,15,20H,10-11,13H2,1-6H3. The fourth-order valence-electron chi connectivity index (χ4n) is 2.08. The first-order valence-electron chi connectivity index (χ1n) is 7.71. The largest absolute Gasteiger partial charge is 0.376 e. The minimum absolute atomic E-state index is 0.0702. The van der Waals surface area contributed by atoms with Gasteiger partial charge < -0.3 is 10.1 Å². The van der Waals surface area contributed by atoms with Gasteiger partial charge in [0.15, 0.2) is 0 Å². The zero-order valence-corrected chi connectivity index (χ0v) is 15.9. The van der Waals surface area contributed by atoms with E-state index in [-0.39, 0.29) is 11.1 Å². The van der Waals surface area contributed by atoms with Crippen molar-refractivity contribution < 1.29 is 4.74 Å². The van der Waals surface area contributed by atoms with Gasteiger partial charge in [0.25, 0.3) is 0 Å². The highest BCUT2D eigenvalue weighted by Gasteiger charge is 2.18. The van der Waals surface area contributed by atoms with Crippen LogP contribution in [-0.4, -0.2) is 24.3 Å². The summed E-state index contributed by atoms with van der Waals surface area (Å²) in [5.74, 6) is 0.462. The molecule has 21 heavy (non-hydrogen) atoms. The Morgan fingerprint density at radius 2 is 1.81 bits per heavy atom. The van der Waals surface area contributed by atoms with Gasteiger partial charge in [0, 0.05) is 23.2 Å². The molecule has 3 heteroatoms. The quantitative estimate of drug-likeness (QED) is 0.763. The molecular weight excluding hydrogens is 326 g/mol. The molecule has 0 saturated heterocycles. The summed E-state index contributed by atoms with van der Waals surface area (Å²) in [6.45, 7) is 14.7. The van der Waals surface area contributed by atoms with Crippen molar-refractivity contribution in [2.45, 2.75) is 65.0 Å². The molecule has 1 aromatic rings. The lowest BCUT2D eigenvalue weighted by Crippen LogP contribution is -2.39. The third kappa shape index (κ3) is 8.60. The molecule has 0 aliphatic rings. The minimum Gasteiger partial charge on any atom is -0.376 e. The first-order chi connectivity index (χ1) is 9.57. The van der Waals surface area contributed by atoms with Gasteiger partial charge in [-0.25, -0.2) is 0 Å². The second kappa shape index (κ2) is 7.75. The van der Waals surface area contributed by atoms with Gasteiger partial charge in [0.1, 0.15) is 0 Å². The first-order valence-corrected chi connectivity index (χ1v) is 8.50. The van der Waals surface area contributed by atoms with E-state index in [1.165, 1.54) is 5.56 Å². The molecule has 1 unspecified atom stereocenters. The van der Waals surface area contributed by atoms with Crippen LogP contribution in [0.1, 0.15) is 59.4 Å². The Bertz CT molecular complexity index is 432. The molecule has 0 aliphatic heterocycles. The summed E-state index contributed by atoms with van der Waals surface area (Å²) < 4.78 is 7.04. The Kier molecular flexibility index (Phi) is 6.89. The number of nitrogens with one attached hydrogen (secondary N) is 1. The summed E-state index contributed by atoms with van der Waals surface area (Å²) in [6.07, 6.45) is 1.02. The molecule has 120 valence electrons. The van der Waals surface area contributed by atoms with E-state index in [1.807, 2.05) is 0 Å². The number of hydrogen-bond acceptors (Lipinski definition) is 2. The summed E-state index contributed by atoms with van der Waals surface area (Å²) in [5.41, 5.74) is 1.42. The minimum atomic E-state index is -0.0702. The monoisotopic (exact) mass is 355 g/mol. The van der Waals surface area contributed by atoms with Gasteiger partial charge in [-0.2, -0.15) is 0 Å². The molecule has 0 saturated carbocycles. The average molecular weight is 356 g/mol. The molecule has 0 radical (unpaired) electrons. The Morgan fingerprint density at radius 1 is 1.14 bits per heavy atom. The second-order valence-electron chi connectivity index (χ2n) is 7.63. The molecule has 0 amide bonds. The average Bonchev–Trinajstić information content (AvgIpc) is 2.30. The summed E-state index contributed by atoms with van der Waals surface area (Å²) in [7, 11) is 0. The molecule has 0 fully saturated rings. The fraction of sp³-hybridized carbons (Fsp3) is 0.667. The van der Waals surface area contributed by atoms with Crippen molar-refractivity contribution in [3.05, 3.63) is 34.3 Å². The van der Waals surface area contributed by atoms with Crippen LogP contribution in [0.2, 0.25) is 0 Å². The van der Waals surface area contributed by atoms with Gasteiger partial charge in [-0.15, -0.1) is 0 Å². The third-order valence-electron chi connectivity index (χ3n) is 3.20. The molecule has 2 nitrogen and oxygen atoms in total. The van der Waals surface area contributed by atoms with Crippen LogP contribution in [0.25, 0.3) is 0 Å². The molecular formula is C18H30BrNO. The van der Waals surface area contributed by atoms with Crippen molar-refractivity contribution in [1.29, 1.82) is 0 Å². The van der Waals surface area contributed by atoms with Crippen LogP contribution in [0.5, 0.6) is 0 Å². The molecule has 1 rings (SSSR count). The Hall–Kier alpha value is -0.380. The molecule has 0 spiro atoms. The molecule has 0 heterocycles. The van der Waals surface area contributed by atoms with E-state index >= 15 is 0 Å². The van der Waals surface area contributed by atoms with Crippen LogP contribution in [0.4, 0.5) is 0 Å². The van der Waals surface area contributed by atoms with Crippen molar-refractivity contribution in [1.82, 2.24) is 5.32 Å². The van der Waals surface area contributed by atoms with Crippen molar-refractivity contribution in [2.24, 2.45) is 0 Å². The maximum Gasteiger partial charge on any atom is 0.0598 e. The van der Waals surface area contributed by atoms with E-state index in [4.69, 9.17) is 4.74 Å². The smallest absolute Gasteiger partial charge is 0.0598 e. The number of rotatable bonds is 6. The maximum absolute atomic E-state index is 5.90. The maximum atomic E-state index is 5.90. The Balaban J connectivity index is 2.70. The van der Waals surface area contributed by atoms with Gasteiger partial charge in [0.2, 0.25) is 0 Å². The zero-order chi connectivity index (χ0) is 16.1. The summed E-state index contributed by atoms with van der Waals surface area (Å²) >= 11 is 3.57. The third-order valence-corrected chi connectivity index (χ3v) is 3.69. The number of benzene rings is 1. The van der Waals surface area contributed by atoms with Crippen molar-refractivity contribution in [2.75, 3.05) is 13.2 Å².